The minimum absolute atomic E-state index is 0.0870. The standard InChI is InChI=1S/C48H95NO5/c1-4-7-10-13-16-19-22-23-24-26-29-32-35-38-41-48(53)54-44(39-36-33-30-27-25-20-17-14-11-8-5-2)42-47(52)49-45(43-50)46(51)40-37-34-31-28-21-18-15-12-9-6-3/h44-46,50-51H,4-43H2,1-3H3,(H,49,52). The maximum Gasteiger partial charge on any atom is 0.306 e. The summed E-state index contributed by atoms with van der Waals surface area (Å²) in [7, 11) is 0. The summed E-state index contributed by atoms with van der Waals surface area (Å²) >= 11 is 0. The van der Waals surface area contributed by atoms with Gasteiger partial charge in [-0.2, -0.15) is 0 Å². The van der Waals surface area contributed by atoms with Gasteiger partial charge in [0.1, 0.15) is 6.10 Å². The molecule has 0 aliphatic heterocycles. The molecule has 0 saturated carbocycles. The van der Waals surface area contributed by atoms with Gasteiger partial charge in [0.05, 0.1) is 25.2 Å². The Bertz CT molecular complexity index is 776. The molecular weight excluding hydrogens is 671 g/mol. The second-order valence-corrected chi connectivity index (χ2v) is 16.9. The van der Waals surface area contributed by atoms with Crippen LogP contribution < -0.4 is 5.32 Å². The number of rotatable bonds is 44. The summed E-state index contributed by atoms with van der Waals surface area (Å²) in [5.74, 6) is -0.456. The van der Waals surface area contributed by atoms with E-state index in [0.29, 0.717) is 19.3 Å². The Kier molecular flexibility index (Phi) is 42.1. The van der Waals surface area contributed by atoms with Crippen molar-refractivity contribution in [2.75, 3.05) is 6.61 Å². The van der Waals surface area contributed by atoms with Crippen LogP contribution in [0.25, 0.3) is 0 Å². The molecule has 0 radical (unpaired) electrons. The van der Waals surface area contributed by atoms with Crippen LogP contribution in [0.2, 0.25) is 0 Å². The van der Waals surface area contributed by atoms with Crippen molar-refractivity contribution >= 4 is 11.9 Å². The molecule has 6 nitrogen and oxygen atoms in total. The lowest BCUT2D eigenvalue weighted by atomic mass is 10.0. The minimum Gasteiger partial charge on any atom is -0.462 e. The lowest BCUT2D eigenvalue weighted by molar-refractivity contribution is -0.151. The van der Waals surface area contributed by atoms with Gasteiger partial charge in [0.25, 0.3) is 0 Å². The van der Waals surface area contributed by atoms with Gasteiger partial charge < -0.3 is 20.3 Å². The largest absolute Gasteiger partial charge is 0.462 e. The van der Waals surface area contributed by atoms with Crippen molar-refractivity contribution in [1.29, 1.82) is 0 Å². The van der Waals surface area contributed by atoms with E-state index in [4.69, 9.17) is 4.74 Å². The predicted octanol–water partition coefficient (Wildman–Crippen LogP) is 14.0. The fourth-order valence-corrected chi connectivity index (χ4v) is 7.73. The average Bonchev–Trinajstić information content (AvgIpc) is 3.16. The first kappa shape index (κ1) is 52.9. The summed E-state index contributed by atoms with van der Waals surface area (Å²) in [5.41, 5.74) is 0. The van der Waals surface area contributed by atoms with Gasteiger partial charge >= 0.3 is 5.97 Å². The number of nitrogens with one attached hydrogen (secondary N) is 1. The number of aliphatic hydroxyl groups excluding tert-OH is 2. The zero-order valence-electron chi connectivity index (χ0n) is 36.6. The Labute approximate surface area is 336 Å². The molecule has 3 unspecified atom stereocenters. The number of unbranched alkanes of at least 4 members (excludes halogenated alkanes) is 32. The third-order valence-corrected chi connectivity index (χ3v) is 11.4. The van der Waals surface area contributed by atoms with Crippen LogP contribution in [-0.2, 0) is 14.3 Å². The molecule has 1 amide bonds. The fourth-order valence-electron chi connectivity index (χ4n) is 7.73. The van der Waals surface area contributed by atoms with Crippen LogP contribution in [0.15, 0.2) is 0 Å². The van der Waals surface area contributed by atoms with E-state index in [1.165, 1.54) is 186 Å². The highest BCUT2D eigenvalue weighted by molar-refractivity contribution is 5.77. The van der Waals surface area contributed by atoms with E-state index in [0.717, 1.165) is 38.5 Å². The zero-order chi connectivity index (χ0) is 39.6. The smallest absolute Gasteiger partial charge is 0.306 e. The van der Waals surface area contributed by atoms with Crippen molar-refractivity contribution < 1.29 is 24.5 Å². The number of carbonyl (C=O) groups excluding carboxylic acids is 2. The number of ether oxygens (including phenoxy) is 1. The molecule has 54 heavy (non-hydrogen) atoms. The van der Waals surface area contributed by atoms with Gasteiger partial charge in [-0.05, 0) is 25.7 Å². The second-order valence-electron chi connectivity index (χ2n) is 16.9. The van der Waals surface area contributed by atoms with Gasteiger partial charge in [-0.3, -0.25) is 9.59 Å². The first-order valence-corrected chi connectivity index (χ1v) is 24.3. The highest BCUT2D eigenvalue weighted by Crippen LogP contribution is 2.18. The van der Waals surface area contributed by atoms with Gasteiger partial charge in [-0.25, -0.2) is 0 Å². The Hall–Kier alpha value is -1.14. The molecular formula is C48H95NO5. The highest BCUT2D eigenvalue weighted by atomic mass is 16.5. The lowest BCUT2D eigenvalue weighted by Crippen LogP contribution is -2.46. The molecule has 0 bridgehead atoms. The molecule has 0 heterocycles. The van der Waals surface area contributed by atoms with Crippen LogP contribution in [0.1, 0.15) is 271 Å². The van der Waals surface area contributed by atoms with E-state index in [1.54, 1.807) is 0 Å². The van der Waals surface area contributed by atoms with E-state index in [1.807, 2.05) is 0 Å². The summed E-state index contributed by atoms with van der Waals surface area (Å²) < 4.78 is 5.92. The SMILES string of the molecule is CCCCCCCCCCCCCCCCC(=O)OC(CCCCCCCCCCCCC)CC(=O)NC(CO)C(O)CCCCCCCCCCCC. The van der Waals surface area contributed by atoms with E-state index in [9.17, 15) is 19.8 Å². The van der Waals surface area contributed by atoms with Crippen LogP contribution in [0.5, 0.6) is 0 Å². The van der Waals surface area contributed by atoms with Crippen molar-refractivity contribution in [3.05, 3.63) is 0 Å². The summed E-state index contributed by atoms with van der Waals surface area (Å²) in [4.78, 5) is 26.0. The van der Waals surface area contributed by atoms with Crippen LogP contribution in [-0.4, -0.2) is 46.9 Å². The first-order chi connectivity index (χ1) is 26.5. The molecule has 0 aliphatic carbocycles. The predicted molar refractivity (Wildman–Crippen MR) is 232 cm³/mol. The number of amides is 1. The summed E-state index contributed by atoms with van der Waals surface area (Å²) in [5, 5.41) is 23.6. The normalized spacial score (nSPS) is 13.2. The molecule has 3 atom stereocenters. The van der Waals surface area contributed by atoms with E-state index in [2.05, 4.69) is 26.1 Å². The summed E-state index contributed by atoms with van der Waals surface area (Å²) in [6.45, 7) is 6.48. The van der Waals surface area contributed by atoms with Crippen LogP contribution in [0.4, 0.5) is 0 Å². The molecule has 0 rings (SSSR count). The van der Waals surface area contributed by atoms with Crippen molar-refractivity contribution in [1.82, 2.24) is 5.32 Å². The summed E-state index contributed by atoms with van der Waals surface area (Å²) in [6, 6.07) is -0.690. The molecule has 6 heteroatoms. The fraction of sp³-hybridized carbons (Fsp3) is 0.958. The zero-order valence-corrected chi connectivity index (χ0v) is 36.6. The maximum absolute atomic E-state index is 13.1. The van der Waals surface area contributed by atoms with E-state index >= 15 is 0 Å². The van der Waals surface area contributed by atoms with Crippen molar-refractivity contribution in [2.45, 2.75) is 289 Å². The van der Waals surface area contributed by atoms with Gasteiger partial charge in [-0.1, -0.05) is 233 Å². The average molecular weight is 766 g/mol. The monoisotopic (exact) mass is 766 g/mol. The third kappa shape index (κ3) is 37.8. The Morgan fingerprint density at radius 1 is 0.463 bits per heavy atom. The van der Waals surface area contributed by atoms with Crippen LogP contribution in [0.3, 0.4) is 0 Å². The van der Waals surface area contributed by atoms with Crippen molar-refractivity contribution in [2.24, 2.45) is 0 Å². The number of esters is 1. The maximum atomic E-state index is 13.1. The van der Waals surface area contributed by atoms with Crippen LogP contribution >= 0.6 is 0 Å². The minimum atomic E-state index is -0.777. The Morgan fingerprint density at radius 2 is 0.778 bits per heavy atom. The van der Waals surface area contributed by atoms with Gasteiger partial charge in [0, 0.05) is 6.42 Å². The molecule has 0 aromatic carbocycles. The molecule has 0 fully saturated rings. The third-order valence-electron chi connectivity index (χ3n) is 11.4. The lowest BCUT2D eigenvalue weighted by Gasteiger charge is -2.24. The van der Waals surface area contributed by atoms with Crippen LogP contribution in [0, 0.1) is 0 Å². The first-order valence-electron chi connectivity index (χ1n) is 24.3. The molecule has 0 saturated heterocycles. The van der Waals surface area contributed by atoms with Gasteiger partial charge in [-0.15, -0.1) is 0 Å². The van der Waals surface area contributed by atoms with Crippen molar-refractivity contribution in [3.63, 3.8) is 0 Å². The molecule has 0 aliphatic rings. The molecule has 0 aromatic rings. The molecule has 0 spiro atoms. The molecule has 322 valence electrons. The second kappa shape index (κ2) is 43.0. The topological polar surface area (TPSA) is 95.9 Å². The molecule has 3 N–H and O–H groups in total. The number of hydrogen-bond acceptors (Lipinski definition) is 5. The van der Waals surface area contributed by atoms with E-state index in [-0.39, 0.29) is 24.9 Å². The highest BCUT2D eigenvalue weighted by Gasteiger charge is 2.24. The van der Waals surface area contributed by atoms with Gasteiger partial charge in [0.15, 0.2) is 0 Å². The van der Waals surface area contributed by atoms with Crippen molar-refractivity contribution in [3.8, 4) is 0 Å². The molecule has 0 aromatic heterocycles. The van der Waals surface area contributed by atoms with E-state index < -0.39 is 18.2 Å². The van der Waals surface area contributed by atoms with Gasteiger partial charge in [0.2, 0.25) is 5.91 Å². The number of aliphatic hydroxyl groups is 2. The number of carbonyl (C=O) groups is 2. The Morgan fingerprint density at radius 3 is 1.13 bits per heavy atom. The summed E-state index contributed by atoms with van der Waals surface area (Å²) in [6.07, 6.45) is 44.4. The quantitative estimate of drug-likeness (QED) is 0.0424. The number of hydrogen-bond donors (Lipinski definition) is 3. The Balaban J connectivity index is 4.51.